The van der Waals surface area contributed by atoms with Crippen LogP contribution in [0.4, 0.5) is 13.6 Å². The van der Waals surface area contributed by atoms with E-state index < -0.39 is 37.4 Å². The molecule has 0 aliphatic heterocycles. The molecular weight excluding hydrogens is 356 g/mol. The highest BCUT2D eigenvalue weighted by atomic mass is 19.3. The van der Waals surface area contributed by atoms with Crippen molar-refractivity contribution in [2.45, 2.75) is 18.8 Å². The van der Waals surface area contributed by atoms with Gasteiger partial charge in [0.05, 0.1) is 6.42 Å². The third kappa shape index (κ3) is 4.24. The molecule has 0 radical (unpaired) electrons. The number of ether oxygens (including phenoxy) is 1. The second-order valence-corrected chi connectivity index (χ2v) is 6.40. The lowest BCUT2D eigenvalue weighted by Gasteiger charge is -2.17. The summed E-state index contributed by atoms with van der Waals surface area (Å²) >= 11 is 0. The van der Waals surface area contributed by atoms with Crippen LogP contribution in [0.25, 0.3) is 11.1 Å². The van der Waals surface area contributed by atoms with Gasteiger partial charge in [0.2, 0.25) is 6.43 Å². The van der Waals surface area contributed by atoms with Gasteiger partial charge in [0.25, 0.3) is 0 Å². The Balaban J connectivity index is 1.61. The van der Waals surface area contributed by atoms with Crippen molar-refractivity contribution in [1.29, 1.82) is 0 Å². The molecule has 1 amide bonds. The highest BCUT2D eigenvalue weighted by Gasteiger charge is 2.29. The Kier molecular flexibility index (Phi) is 5.69. The van der Waals surface area contributed by atoms with Crippen LogP contribution in [0.5, 0.6) is 0 Å². The molecule has 0 bridgehead atoms. The summed E-state index contributed by atoms with van der Waals surface area (Å²) in [6, 6.07) is 15.7. The van der Waals surface area contributed by atoms with Gasteiger partial charge in [-0.05, 0) is 22.3 Å². The third-order valence-corrected chi connectivity index (χ3v) is 4.65. The first kappa shape index (κ1) is 18.8. The quantitative estimate of drug-likeness (QED) is 0.770. The van der Waals surface area contributed by atoms with Crippen molar-refractivity contribution in [1.82, 2.24) is 5.32 Å². The van der Waals surface area contributed by atoms with Crippen molar-refractivity contribution in [3.05, 3.63) is 59.7 Å². The molecule has 3 rings (SSSR count). The summed E-state index contributed by atoms with van der Waals surface area (Å²) in [5.41, 5.74) is 4.26. The second-order valence-electron chi connectivity index (χ2n) is 6.40. The standard InChI is InChI=1S/C20H19F2NO4/c21-19(22)12(9-18(24)25)10-23-20(26)27-11-17-15-7-3-1-5-13(15)14-6-2-4-8-16(14)17/h1-8,12,17,19H,9-11H2,(H,23,26)(H,24,25)/t12-/m1/s1. The van der Waals surface area contributed by atoms with Gasteiger partial charge in [-0.3, -0.25) is 4.79 Å². The molecule has 7 heteroatoms. The first-order chi connectivity index (χ1) is 13.0. The number of amides is 1. The number of carbonyl (C=O) groups excluding carboxylic acids is 1. The number of carboxylic acid groups (broad SMARTS) is 1. The average molecular weight is 375 g/mol. The number of halogens is 2. The summed E-state index contributed by atoms with van der Waals surface area (Å²) in [4.78, 5) is 22.5. The van der Waals surface area contributed by atoms with E-state index in [1.807, 2.05) is 48.5 Å². The number of carboxylic acids is 1. The van der Waals surface area contributed by atoms with Gasteiger partial charge in [0, 0.05) is 18.4 Å². The SMILES string of the molecule is O=C(O)C[C@H](CNC(=O)OCC1c2ccccc2-c2ccccc21)C(F)F. The van der Waals surface area contributed by atoms with Crippen molar-refractivity contribution in [3.63, 3.8) is 0 Å². The van der Waals surface area contributed by atoms with Gasteiger partial charge in [-0.1, -0.05) is 48.5 Å². The molecule has 2 aromatic rings. The van der Waals surface area contributed by atoms with Crippen LogP contribution in [0.1, 0.15) is 23.5 Å². The zero-order chi connectivity index (χ0) is 19.4. The van der Waals surface area contributed by atoms with E-state index in [1.165, 1.54) is 0 Å². The molecule has 0 heterocycles. The van der Waals surface area contributed by atoms with Gasteiger partial charge in [0.1, 0.15) is 6.61 Å². The molecule has 1 aliphatic rings. The van der Waals surface area contributed by atoms with Crippen molar-refractivity contribution >= 4 is 12.1 Å². The number of benzene rings is 2. The fraction of sp³-hybridized carbons (Fsp3) is 0.300. The molecule has 0 saturated heterocycles. The maximum Gasteiger partial charge on any atom is 0.407 e. The van der Waals surface area contributed by atoms with E-state index in [2.05, 4.69) is 5.32 Å². The Labute approximate surface area is 155 Å². The lowest BCUT2D eigenvalue weighted by molar-refractivity contribution is -0.139. The second kappa shape index (κ2) is 8.16. The molecule has 0 spiro atoms. The minimum Gasteiger partial charge on any atom is -0.481 e. The number of carbonyl (C=O) groups is 2. The Bertz CT molecular complexity index is 795. The summed E-state index contributed by atoms with van der Waals surface area (Å²) in [5.74, 6) is -2.93. The predicted octanol–water partition coefficient (Wildman–Crippen LogP) is 3.88. The molecule has 27 heavy (non-hydrogen) atoms. The minimum absolute atomic E-state index is 0.0676. The number of alkyl carbamates (subject to hydrolysis) is 1. The molecule has 0 unspecified atom stereocenters. The third-order valence-electron chi connectivity index (χ3n) is 4.65. The van der Waals surface area contributed by atoms with Crippen molar-refractivity contribution < 1.29 is 28.2 Å². The Morgan fingerprint density at radius 2 is 1.59 bits per heavy atom. The number of fused-ring (bicyclic) bond motifs is 3. The predicted molar refractivity (Wildman–Crippen MR) is 94.8 cm³/mol. The summed E-state index contributed by atoms with van der Waals surface area (Å²) in [6.07, 6.45) is -4.40. The van der Waals surface area contributed by atoms with Gasteiger partial charge in [-0.2, -0.15) is 0 Å². The maximum atomic E-state index is 12.8. The lowest BCUT2D eigenvalue weighted by atomic mass is 9.98. The zero-order valence-electron chi connectivity index (χ0n) is 14.4. The molecule has 142 valence electrons. The van der Waals surface area contributed by atoms with Crippen molar-refractivity contribution in [3.8, 4) is 11.1 Å². The Morgan fingerprint density at radius 1 is 1.04 bits per heavy atom. The van der Waals surface area contributed by atoms with E-state index in [1.54, 1.807) is 0 Å². The summed E-state index contributed by atoms with van der Waals surface area (Å²) < 4.78 is 30.9. The zero-order valence-corrected chi connectivity index (χ0v) is 14.4. The molecule has 0 aromatic heterocycles. The smallest absolute Gasteiger partial charge is 0.407 e. The topological polar surface area (TPSA) is 75.6 Å². The van der Waals surface area contributed by atoms with Gasteiger partial charge in [-0.25, -0.2) is 13.6 Å². The van der Waals surface area contributed by atoms with E-state index in [-0.39, 0.29) is 12.5 Å². The molecule has 0 saturated carbocycles. The van der Waals surface area contributed by atoms with Gasteiger partial charge < -0.3 is 15.2 Å². The van der Waals surface area contributed by atoms with Gasteiger partial charge >= 0.3 is 12.1 Å². The molecule has 0 fully saturated rings. The van der Waals surface area contributed by atoms with Gasteiger partial charge in [0.15, 0.2) is 0 Å². The summed E-state index contributed by atoms with van der Waals surface area (Å²) in [5, 5.41) is 10.9. The maximum absolute atomic E-state index is 12.8. The van der Waals surface area contributed by atoms with E-state index >= 15 is 0 Å². The van der Waals surface area contributed by atoms with Crippen LogP contribution in [0.2, 0.25) is 0 Å². The van der Waals surface area contributed by atoms with Crippen molar-refractivity contribution in [2.24, 2.45) is 5.92 Å². The molecule has 1 aliphatic carbocycles. The van der Waals surface area contributed by atoms with Crippen molar-refractivity contribution in [2.75, 3.05) is 13.2 Å². The summed E-state index contributed by atoms with van der Waals surface area (Å²) in [6.45, 7) is -0.390. The number of aliphatic carboxylic acids is 1. The monoisotopic (exact) mass is 375 g/mol. The fourth-order valence-corrected chi connectivity index (χ4v) is 3.34. The Morgan fingerprint density at radius 3 is 2.11 bits per heavy atom. The fourth-order valence-electron chi connectivity index (χ4n) is 3.34. The minimum atomic E-state index is -2.84. The van der Waals surface area contributed by atoms with Crippen LogP contribution < -0.4 is 5.32 Å². The first-order valence-corrected chi connectivity index (χ1v) is 8.56. The lowest BCUT2D eigenvalue weighted by Crippen LogP contribution is -2.34. The number of hydrogen-bond acceptors (Lipinski definition) is 3. The first-order valence-electron chi connectivity index (χ1n) is 8.56. The van der Waals surface area contributed by atoms with Crippen LogP contribution >= 0.6 is 0 Å². The van der Waals surface area contributed by atoms with Gasteiger partial charge in [-0.15, -0.1) is 0 Å². The largest absolute Gasteiger partial charge is 0.481 e. The van der Waals surface area contributed by atoms with Crippen LogP contribution in [-0.4, -0.2) is 36.7 Å². The highest BCUT2D eigenvalue weighted by molar-refractivity contribution is 5.79. The molecule has 5 nitrogen and oxygen atoms in total. The highest BCUT2D eigenvalue weighted by Crippen LogP contribution is 2.44. The van der Waals surface area contributed by atoms with Crippen LogP contribution in [-0.2, 0) is 9.53 Å². The van der Waals surface area contributed by atoms with Crippen LogP contribution in [0.3, 0.4) is 0 Å². The average Bonchev–Trinajstić information content (AvgIpc) is 2.97. The number of hydrogen-bond donors (Lipinski definition) is 2. The summed E-state index contributed by atoms with van der Waals surface area (Å²) in [7, 11) is 0. The molecular formula is C20H19F2NO4. The van der Waals surface area contributed by atoms with E-state index in [0.717, 1.165) is 22.3 Å². The molecule has 2 aromatic carbocycles. The molecule has 1 atom stereocenters. The van der Waals surface area contributed by atoms with Crippen LogP contribution in [0.15, 0.2) is 48.5 Å². The van der Waals surface area contributed by atoms with Crippen LogP contribution in [0, 0.1) is 5.92 Å². The molecule has 2 N–H and O–H groups in total. The normalized spacial score (nSPS) is 13.7. The van der Waals surface area contributed by atoms with E-state index in [9.17, 15) is 18.4 Å². The number of nitrogens with one attached hydrogen (secondary N) is 1. The number of alkyl halides is 2. The Hall–Kier alpha value is -2.96. The number of rotatable bonds is 7. The van der Waals surface area contributed by atoms with E-state index in [0.29, 0.717) is 0 Å². The van der Waals surface area contributed by atoms with E-state index in [4.69, 9.17) is 9.84 Å².